The molecule has 0 bridgehead atoms. The van der Waals surface area contributed by atoms with Gasteiger partial charge in [-0.3, -0.25) is 0 Å². The average molecular weight is 693 g/mol. The third kappa shape index (κ3) is 4.20. The quantitative estimate of drug-likeness (QED) is 0.172. The fourth-order valence-electron chi connectivity index (χ4n) is 8.72. The zero-order chi connectivity index (χ0) is 34.6. The molecule has 0 saturated heterocycles. The van der Waals surface area contributed by atoms with E-state index in [-0.39, 0.29) is 0 Å². The maximum Gasteiger partial charge on any atom is 0.136 e. The van der Waals surface area contributed by atoms with Crippen LogP contribution in [0, 0.1) is 0 Å². The standard InChI is InChI=1S/C50H28O2S/c1-3-12-36-34(10-1)47(30-19-17-29(18-20-30)31-22-24-42-40(27-31)33-9-5-7-15-41(33)51-42)35-11-2-4-13-37(35)48(36)32-21-23-38-44(28-32)52-43-25-26-46-50(49(38)43)39-14-6-8-16-45(39)53-46/h1-28H. The first-order valence-corrected chi connectivity index (χ1v) is 18.8. The van der Waals surface area contributed by atoms with Gasteiger partial charge in [0.1, 0.15) is 22.3 Å². The first-order valence-electron chi connectivity index (χ1n) is 18.0. The predicted octanol–water partition coefficient (Wildman–Crippen LogP) is 15.2. The van der Waals surface area contributed by atoms with Crippen LogP contribution in [-0.4, -0.2) is 0 Å². The van der Waals surface area contributed by atoms with Crippen molar-refractivity contribution in [2.24, 2.45) is 0 Å². The van der Waals surface area contributed by atoms with Crippen molar-refractivity contribution in [2.75, 3.05) is 0 Å². The molecule has 0 saturated carbocycles. The Bertz CT molecular complexity index is 3390. The zero-order valence-corrected chi connectivity index (χ0v) is 29.2. The van der Waals surface area contributed by atoms with Crippen molar-refractivity contribution >= 4 is 96.9 Å². The SMILES string of the molecule is c1ccc2c(c1)oc1ccc(-c3ccc(-c4c5ccccc5c(-c5ccc6c(c5)oc5ccc7sc8ccccc8c7c56)c5ccccc45)cc3)cc12. The molecule has 53 heavy (non-hydrogen) atoms. The molecule has 0 aliphatic heterocycles. The average Bonchev–Trinajstić information content (AvgIpc) is 3.90. The number of rotatable bonds is 3. The zero-order valence-electron chi connectivity index (χ0n) is 28.4. The fourth-order valence-corrected chi connectivity index (χ4v) is 9.84. The molecule has 0 unspecified atom stereocenters. The van der Waals surface area contributed by atoms with Crippen molar-refractivity contribution in [1.82, 2.24) is 0 Å². The summed E-state index contributed by atoms with van der Waals surface area (Å²) in [6.07, 6.45) is 0. The number of para-hydroxylation sites is 1. The maximum absolute atomic E-state index is 6.65. The molecule has 0 fully saturated rings. The molecule has 0 spiro atoms. The van der Waals surface area contributed by atoms with Gasteiger partial charge in [0.2, 0.25) is 0 Å². The van der Waals surface area contributed by atoms with Gasteiger partial charge in [0.15, 0.2) is 0 Å². The Labute approximate surface area is 307 Å². The van der Waals surface area contributed by atoms with Crippen LogP contribution >= 0.6 is 11.3 Å². The Balaban J connectivity index is 1.03. The highest BCUT2D eigenvalue weighted by Crippen LogP contribution is 2.47. The molecule has 12 rings (SSSR count). The summed E-state index contributed by atoms with van der Waals surface area (Å²) in [5, 5.41) is 12.1. The first-order chi connectivity index (χ1) is 26.3. The molecular formula is C50H28O2S. The van der Waals surface area contributed by atoms with Crippen molar-refractivity contribution in [3.63, 3.8) is 0 Å². The molecule has 9 aromatic carbocycles. The molecular weight excluding hydrogens is 665 g/mol. The van der Waals surface area contributed by atoms with Crippen LogP contribution in [0.3, 0.4) is 0 Å². The van der Waals surface area contributed by atoms with E-state index in [2.05, 4.69) is 158 Å². The smallest absolute Gasteiger partial charge is 0.136 e. The number of benzene rings is 9. The molecule has 12 aromatic rings. The summed E-state index contributed by atoms with van der Waals surface area (Å²) in [4.78, 5) is 0. The Morgan fingerprint density at radius 3 is 1.58 bits per heavy atom. The molecule has 3 aromatic heterocycles. The maximum atomic E-state index is 6.65. The van der Waals surface area contributed by atoms with Crippen LogP contribution in [0.5, 0.6) is 0 Å². The number of fused-ring (bicyclic) bond motifs is 12. The first kappa shape index (κ1) is 29.0. The van der Waals surface area contributed by atoms with E-state index in [1.165, 1.54) is 74.9 Å². The summed E-state index contributed by atoms with van der Waals surface area (Å²) in [5.74, 6) is 0. The molecule has 0 aliphatic carbocycles. The van der Waals surface area contributed by atoms with E-state index in [1.807, 2.05) is 23.5 Å². The van der Waals surface area contributed by atoms with Gasteiger partial charge in [-0.05, 0) is 103 Å². The fraction of sp³-hybridized carbons (Fsp3) is 0. The van der Waals surface area contributed by atoms with Crippen molar-refractivity contribution in [1.29, 1.82) is 0 Å². The number of hydrogen-bond donors (Lipinski definition) is 0. The minimum atomic E-state index is 0.912. The minimum absolute atomic E-state index is 0.912. The van der Waals surface area contributed by atoms with E-state index in [0.29, 0.717) is 0 Å². The summed E-state index contributed by atoms with van der Waals surface area (Å²) in [6.45, 7) is 0. The van der Waals surface area contributed by atoms with E-state index in [9.17, 15) is 0 Å². The second-order valence-corrected chi connectivity index (χ2v) is 15.0. The van der Waals surface area contributed by atoms with Crippen LogP contribution in [0.25, 0.3) is 119 Å². The Hall–Kier alpha value is -6.68. The van der Waals surface area contributed by atoms with Crippen LogP contribution in [0.15, 0.2) is 179 Å². The van der Waals surface area contributed by atoms with E-state index < -0.39 is 0 Å². The van der Waals surface area contributed by atoms with Gasteiger partial charge >= 0.3 is 0 Å². The highest BCUT2D eigenvalue weighted by molar-refractivity contribution is 7.26. The van der Waals surface area contributed by atoms with E-state index >= 15 is 0 Å². The van der Waals surface area contributed by atoms with Crippen molar-refractivity contribution in [2.45, 2.75) is 0 Å². The van der Waals surface area contributed by atoms with Crippen LogP contribution in [0.2, 0.25) is 0 Å². The van der Waals surface area contributed by atoms with Gasteiger partial charge in [-0.2, -0.15) is 0 Å². The van der Waals surface area contributed by atoms with E-state index in [0.717, 1.165) is 44.1 Å². The van der Waals surface area contributed by atoms with Gasteiger partial charge in [-0.1, -0.05) is 121 Å². The number of thiophene rings is 1. The second-order valence-electron chi connectivity index (χ2n) is 14.0. The molecule has 0 N–H and O–H groups in total. The molecule has 0 radical (unpaired) electrons. The molecule has 0 aliphatic rings. The Kier molecular flexibility index (Phi) is 5.96. The van der Waals surface area contributed by atoms with Gasteiger partial charge < -0.3 is 8.83 Å². The lowest BCUT2D eigenvalue weighted by atomic mass is 9.85. The summed E-state index contributed by atoms with van der Waals surface area (Å²) in [6, 6.07) is 61.3. The normalized spacial score (nSPS) is 12.2. The van der Waals surface area contributed by atoms with Gasteiger partial charge in [0, 0.05) is 41.7 Å². The topological polar surface area (TPSA) is 26.3 Å². The Morgan fingerprint density at radius 2 is 0.830 bits per heavy atom. The summed E-state index contributed by atoms with van der Waals surface area (Å²) in [5.41, 5.74) is 10.9. The monoisotopic (exact) mass is 692 g/mol. The van der Waals surface area contributed by atoms with Crippen LogP contribution in [0.1, 0.15) is 0 Å². The van der Waals surface area contributed by atoms with Gasteiger partial charge in [-0.25, -0.2) is 0 Å². The summed E-state index contributed by atoms with van der Waals surface area (Å²) in [7, 11) is 0. The lowest BCUT2D eigenvalue weighted by molar-refractivity contribution is 0.669. The number of furan rings is 2. The molecule has 0 atom stereocenters. The molecule has 246 valence electrons. The molecule has 3 heterocycles. The highest BCUT2D eigenvalue weighted by Gasteiger charge is 2.20. The lowest BCUT2D eigenvalue weighted by Crippen LogP contribution is -1.91. The van der Waals surface area contributed by atoms with E-state index in [4.69, 9.17) is 8.83 Å². The largest absolute Gasteiger partial charge is 0.456 e. The molecule has 3 heteroatoms. The van der Waals surface area contributed by atoms with Crippen LogP contribution in [-0.2, 0) is 0 Å². The predicted molar refractivity (Wildman–Crippen MR) is 225 cm³/mol. The molecule has 0 amide bonds. The van der Waals surface area contributed by atoms with Gasteiger partial charge in [0.25, 0.3) is 0 Å². The van der Waals surface area contributed by atoms with Gasteiger partial charge in [0.05, 0.1) is 0 Å². The highest BCUT2D eigenvalue weighted by atomic mass is 32.1. The van der Waals surface area contributed by atoms with Gasteiger partial charge in [-0.15, -0.1) is 11.3 Å². The van der Waals surface area contributed by atoms with Crippen LogP contribution < -0.4 is 0 Å². The third-order valence-electron chi connectivity index (χ3n) is 11.1. The number of hydrogen-bond acceptors (Lipinski definition) is 3. The minimum Gasteiger partial charge on any atom is -0.456 e. The van der Waals surface area contributed by atoms with Crippen molar-refractivity contribution in [3.8, 4) is 33.4 Å². The second kappa shape index (κ2) is 10.9. The Morgan fingerprint density at radius 1 is 0.283 bits per heavy atom. The third-order valence-corrected chi connectivity index (χ3v) is 12.2. The van der Waals surface area contributed by atoms with E-state index in [1.54, 1.807) is 0 Å². The lowest BCUT2D eigenvalue weighted by Gasteiger charge is -2.18. The summed E-state index contributed by atoms with van der Waals surface area (Å²) >= 11 is 1.85. The van der Waals surface area contributed by atoms with Crippen LogP contribution in [0.4, 0.5) is 0 Å². The molecule has 2 nitrogen and oxygen atoms in total. The van der Waals surface area contributed by atoms with Crippen molar-refractivity contribution < 1.29 is 8.83 Å². The van der Waals surface area contributed by atoms with Crippen molar-refractivity contribution in [3.05, 3.63) is 170 Å². The summed E-state index contributed by atoms with van der Waals surface area (Å²) < 4.78 is 15.3.